The van der Waals surface area contributed by atoms with Gasteiger partial charge in [0.1, 0.15) is 11.6 Å². The van der Waals surface area contributed by atoms with Gasteiger partial charge < -0.3 is 9.72 Å². The summed E-state index contributed by atoms with van der Waals surface area (Å²) in [5.74, 6) is 0.759. The number of imidazole rings is 1. The molecule has 0 spiro atoms. The minimum Gasteiger partial charge on any atom is -0.314 e. The molecule has 0 unspecified atom stereocenters. The maximum atomic E-state index is 13.0. The van der Waals surface area contributed by atoms with Crippen LogP contribution in [0.5, 0.6) is 0 Å². The Labute approximate surface area is 117 Å². The number of nitrogens with zero attached hydrogens (tertiary/aromatic N) is 2. The predicted octanol–water partition coefficient (Wildman–Crippen LogP) is 2.78. The van der Waals surface area contributed by atoms with Crippen LogP contribution in [-0.4, -0.2) is 16.4 Å². The molecule has 3 aromatic rings. The summed E-state index contributed by atoms with van der Waals surface area (Å²) in [6.07, 6.45) is 2.70. The van der Waals surface area contributed by atoms with E-state index in [1.54, 1.807) is 12.1 Å². The van der Waals surface area contributed by atoms with E-state index in [4.69, 9.17) is 4.98 Å². The van der Waals surface area contributed by atoms with Crippen molar-refractivity contribution < 1.29 is 4.39 Å². The lowest BCUT2D eigenvalue weighted by Crippen LogP contribution is -2.05. The second-order valence-electron chi connectivity index (χ2n) is 4.76. The third-order valence-electron chi connectivity index (χ3n) is 3.32. The van der Waals surface area contributed by atoms with Crippen molar-refractivity contribution in [2.75, 3.05) is 7.05 Å². The van der Waals surface area contributed by atoms with E-state index in [-0.39, 0.29) is 5.82 Å². The molecule has 0 amide bonds. The van der Waals surface area contributed by atoms with Crippen molar-refractivity contribution >= 4 is 5.52 Å². The second kappa shape index (κ2) is 5.43. The highest BCUT2D eigenvalue weighted by molar-refractivity contribution is 5.53. The smallest absolute Gasteiger partial charge is 0.123 e. The van der Waals surface area contributed by atoms with Crippen molar-refractivity contribution in [2.45, 2.75) is 13.0 Å². The zero-order chi connectivity index (χ0) is 13.9. The molecule has 0 fully saturated rings. The van der Waals surface area contributed by atoms with Gasteiger partial charge >= 0.3 is 0 Å². The lowest BCUT2D eigenvalue weighted by molar-refractivity contribution is 0.627. The van der Waals surface area contributed by atoms with Gasteiger partial charge in [-0.1, -0.05) is 18.2 Å². The van der Waals surface area contributed by atoms with Crippen molar-refractivity contribution in [1.82, 2.24) is 14.7 Å². The van der Waals surface area contributed by atoms with Gasteiger partial charge in [-0.3, -0.25) is 0 Å². The van der Waals surface area contributed by atoms with E-state index >= 15 is 0 Å². The SMILES string of the molecule is CNCc1nc(Cc2ccc(F)cc2)n2ccccc12. The van der Waals surface area contributed by atoms with Gasteiger partial charge in [-0.25, -0.2) is 9.37 Å². The van der Waals surface area contributed by atoms with Crippen LogP contribution in [-0.2, 0) is 13.0 Å². The fourth-order valence-electron chi connectivity index (χ4n) is 2.38. The number of aromatic nitrogens is 2. The molecule has 2 heterocycles. The first-order valence-electron chi connectivity index (χ1n) is 6.62. The molecule has 3 nitrogen and oxygen atoms in total. The summed E-state index contributed by atoms with van der Waals surface area (Å²) >= 11 is 0. The summed E-state index contributed by atoms with van der Waals surface area (Å²) in [5.41, 5.74) is 3.20. The number of nitrogens with one attached hydrogen (secondary N) is 1. The van der Waals surface area contributed by atoms with Gasteiger partial charge in [0.05, 0.1) is 11.2 Å². The Bertz CT molecular complexity index is 716. The summed E-state index contributed by atoms with van der Waals surface area (Å²) in [6, 6.07) is 12.6. The molecule has 0 aliphatic carbocycles. The molecule has 0 atom stereocenters. The van der Waals surface area contributed by atoms with Crippen LogP contribution in [0.3, 0.4) is 0 Å². The molecule has 1 aromatic carbocycles. The van der Waals surface area contributed by atoms with E-state index in [1.807, 2.05) is 25.4 Å². The third kappa shape index (κ3) is 2.42. The monoisotopic (exact) mass is 269 g/mol. The van der Waals surface area contributed by atoms with Gasteiger partial charge in [0.2, 0.25) is 0 Å². The first-order chi connectivity index (χ1) is 9.78. The number of hydrogen-bond donors (Lipinski definition) is 1. The van der Waals surface area contributed by atoms with Crippen LogP contribution in [0, 0.1) is 5.82 Å². The standard InChI is InChI=1S/C16H16FN3/c1-18-11-14-15-4-2-3-9-20(15)16(19-14)10-12-5-7-13(17)8-6-12/h2-9,18H,10-11H2,1H3. The highest BCUT2D eigenvalue weighted by Gasteiger charge is 2.10. The average molecular weight is 269 g/mol. The number of fused-ring (bicyclic) bond motifs is 1. The second-order valence-corrected chi connectivity index (χ2v) is 4.76. The maximum absolute atomic E-state index is 13.0. The Balaban J connectivity index is 2.00. The summed E-state index contributed by atoms with van der Waals surface area (Å²) in [6.45, 7) is 0.733. The van der Waals surface area contributed by atoms with Crippen LogP contribution >= 0.6 is 0 Å². The fourth-order valence-corrected chi connectivity index (χ4v) is 2.38. The van der Waals surface area contributed by atoms with E-state index in [1.165, 1.54) is 12.1 Å². The zero-order valence-electron chi connectivity index (χ0n) is 11.3. The molecule has 0 bridgehead atoms. The first kappa shape index (κ1) is 12.8. The van der Waals surface area contributed by atoms with E-state index < -0.39 is 0 Å². The van der Waals surface area contributed by atoms with Gasteiger partial charge in [-0.2, -0.15) is 0 Å². The predicted molar refractivity (Wildman–Crippen MR) is 77.2 cm³/mol. The topological polar surface area (TPSA) is 29.3 Å². The lowest BCUT2D eigenvalue weighted by Gasteiger charge is -2.01. The van der Waals surface area contributed by atoms with Gasteiger partial charge in [0.25, 0.3) is 0 Å². The molecule has 3 rings (SSSR count). The van der Waals surface area contributed by atoms with Crippen LogP contribution in [0.25, 0.3) is 5.52 Å². The minimum atomic E-state index is -0.211. The molecule has 1 N–H and O–H groups in total. The highest BCUT2D eigenvalue weighted by Crippen LogP contribution is 2.16. The molecule has 20 heavy (non-hydrogen) atoms. The number of rotatable bonds is 4. The maximum Gasteiger partial charge on any atom is 0.123 e. The van der Waals surface area contributed by atoms with Gasteiger partial charge in [-0.15, -0.1) is 0 Å². The summed E-state index contributed by atoms with van der Waals surface area (Å²) in [5, 5.41) is 3.14. The van der Waals surface area contributed by atoms with Gasteiger partial charge in [-0.05, 0) is 36.9 Å². The van der Waals surface area contributed by atoms with Crippen LogP contribution < -0.4 is 5.32 Å². The van der Waals surface area contributed by atoms with E-state index in [0.29, 0.717) is 6.42 Å². The summed E-state index contributed by atoms with van der Waals surface area (Å²) in [4.78, 5) is 4.70. The normalized spacial score (nSPS) is 11.1. The Morgan fingerprint density at radius 1 is 1.15 bits per heavy atom. The molecule has 0 saturated heterocycles. The summed E-state index contributed by atoms with van der Waals surface area (Å²) in [7, 11) is 1.91. The fraction of sp³-hybridized carbons (Fsp3) is 0.188. The molecule has 0 aliphatic rings. The lowest BCUT2D eigenvalue weighted by atomic mass is 10.1. The molecule has 0 aliphatic heterocycles. The van der Waals surface area contributed by atoms with Crippen LogP contribution in [0.2, 0.25) is 0 Å². The molecule has 4 heteroatoms. The number of pyridine rings is 1. The first-order valence-corrected chi connectivity index (χ1v) is 6.62. The number of halogens is 1. The molecular formula is C16H16FN3. The number of hydrogen-bond acceptors (Lipinski definition) is 2. The average Bonchev–Trinajstić information content (AvgIpc) is 2.81. The largest absolute Gasteiger partial charge is 0.314 e. The van der Waals surface area contributed by atoms with Crippen molar-refractivity contribution in [1.29, 1.82) is 0 Å². The van der Waals surface area contributed by atoms with Crippen molar-refractivity contribution in [3.63, 3.8) is 0 Å². The molecule has 0 saturated carbocycles. The Hall–Kier alpha value is -2.20. The van der Waals surface area contributed by atoms with E-state index in [0.717, 1.165) is 29.1 Å². The highest BCUT2D eigenvalue weighted by atomic mass is 19.1. The van der Waals surface area contributed by atoms with E-state index in [2.05, 4.69) is 15.8 Å². The van der Waals surface area contributed by atoms with Crippen LogP contribution in [0.4, 0.5) is 4.39 Å². The van der Waals surface area contributed by atoms with Crippen LogP contribution in [0.15, 0.2) is 48.7 Å². The molecule has 0 radical (unpaired) electrons. The van der Waals surface area contributed by atoms with Crippen LogP contribution in [0.1, 0.15) is 17.1 Å². The van der Waals surface area contributed by atoms with Gasteiger partial charge in [0, 0.05) is 19.2 Å². The Morgan fingerprint density at radius 3 is 2.70 bits per heavy atom. The van der Waals surface area contributed by atoms with E-state index in [9.17, 15) is 4.39 Å². The van der Waals surface area contributed by atoms with Crippen molar-refractivity contribution in [2.24, 2.45) is 0 Å². The molecule has 2 aromatic heterocycles. The third-order valence-corrected chi connectivity index (χ3v) is 3.32. The Morgan fingerprint density at radius 2 is 1.95 bits per heavy atom. The number of benzene rings is 1. The van der Waals surface area contributed by atoms with Crippen molar-refractivity contribution in [3.05, 3.63) is 71.6 Å². The minimum absolute atomic E-state index is 0.211. The van der Waals surface area contributed by atoms with Crippen molar-refractivity contribution in [3.8, 4) is 0 Å². The Kier molecular flexibility index (Phi) is 3.48. The zero-order valence-corrected chi connectivity index (χ0v) is 11.3. The quantitative estimate of drug-likeness (QED) is 0.789. The molecular weight excluding hydrogens is 253 g/mol. The molecule has 102 valence electrons. The van der Waals surface area contributed by atoms with Gasteiger partial charge in [0.15, 0.2) is 0 Å². The summed E-state index contributed by atoms with van der Waals surface area (Å²) < 4.78 is 15.0.